The van der Waals surface area contributed by atoms with Gasteiger partial charge in [-0.3, -0.25) is 0 Å². The zero-order valence-corrected chi connectivity index (χ0v) is 10.9. The first-order chi connectivity index (χ1) is 8.63. The zero-order chi connectivity index (χ0) is 12.7. The van der Waals surface area contributed by atoms with E-state index >= 15 is 0 Å². The van der Waals surface area contributed by atoms with E-state index in [0.717, 1.165) is 23.2 Å². The first-order valence-electron chi connectivity index (χ1n) is 5.63. The van der Waals surface area contributed by atoms with Crippen molar-refractivity contribution in [2.75, 3.05) is 5.32 Å². The van der Waals surface area contributed by atoms with Crippen molar-refractivity contribution < 1.29 is 4.39 Å². The summed E-state index contributed by atoms with van der Waals surface area (Å²) in [5.41, 5.74) is 3.01. The first kappa shape index (κ1) is 11.8. The summed E-state index contributed by atoms with van der Waals surface area (Å²) in [6, 6.07) is 10.4. The van der Waals surface area contributed by atoms with Crippen molar-refractivity contribution in [3.63, 3.8) is 0 Å². The molecule has 0 fully saturated rings. The first-order valence-corrected chi connectivity index (χ1v) is 6.39. The Bertz CT molecular complexity index is 582. The molecule has 1 aliphatic heterocycles. The second kappa shape index (κ2) is 4.45. The van der Waals surface area contributed by atoms with E-state index < -0.39 is 0 Å². The van der Waals surface area contributed by atoms with Gasteiger partial charge in [0.2, 0.25) is 0 Å². The predicted octanol–water partition coefficient (Wildman–Crippen LogP) is 4.84. The molecule has 0 saturated carbocycles. The smallest absolute Gasteiger partial charge is 0.123 e. The number of benzene rings is 2. The minimum absolute atomic E-state index is 0.0743. The quantitative estimate of drug-likeness (QED) is 0.789. The molecular weight excluding hydrogens is 272 g/mol. The normalized spacial score (nSPS) is 17.4. The van der Waals surface area contributed by atoms with Crippen molar-refractivity contribution in [3.8, 4) is 0 Å². The van der Waals surface area contributed by atoms with Gasteiger partial charge in [0.15, 0.2) is 0 Å². The van der Waals surface area contributed by atoms with Crippen LogP contribution in [-0.2, 0) is 6.42 Å². The van der Waals surface area contributed by atoms with Gasteiger partial charge in [-0.15, -0.1) is 0 Å². The molecule has 1 unspecified atom stereocenters. The van der Waals surface area contributed by atoms with Gasteiger partial charge in [0, 0.05) is 5.69 Å². The zero-order valence-electron chi connectivity index (χ0n) is 9.38. The molecule has 1 nitrogen and oxygen atoms in total. The van der Waals surface area contributed by atoms with Gasteiger partial charge in [-0.1, -0.05) is 35.3 Å². The molecule has 0 saturated heterocycles. The topological polar surface area (TPSA) is 12.0 Å². The van der Waals surface area contributed by atoms with Crippen molar-refractivity contribution in [2.24, 2.45) is 0 Å². The maximum absolute atomic E-state index is 13.2. The molecule has 0 bridgehead atoms. The van der Waals surface area contributed by atoms with Crippen LogP contribution < -0.4 is 5.32 Å². The van der Waals surface area contributed by atoms with E-state index in [1.807, 2.05) is 18.2 Å². The van der Waals surface area contributed by atoms with Crippen molar-refractivity contribution in [1.29, 1.82) is 0 Å². The second-order valence-electron chi connectivity index (χ2n) is 4.38. The Kier molecular flexibility index (Phi) is 2.92. The third-order valence-electron chi connectivity index (χ3n) is 3.15. The van der Waals surface area contributed by atoms with Crippen LogP contribution in [0.2, 0.25) is 10.0 Å². The Morgan fingerprint density at radius 3 is 2.67 bits per heavy atom. The van der Waals surface area contributed by atoms with Gasteiger partial charge in [0.25, 0.3) is 0 Å². The molecule has 18 heavy (non-hydrogen) atoms. The van der Waals surface area contributed by atoms with E-state index in [9.17, 15) is 4.39 Å². The van der Waals surface area contributed by atoms with Gasteiger partial charge in [-0.05, 0) is 41.8 Å². The average Bonchev–Trinajstić information content (AvgIpc) is 2.73. The maximum Gasteiger partial charge on any atom is 0.123 e. The number of fused-ring (bicyclic) bond motifs is 1. The average molecular weight is 282 g/mol. The molecule has 1 atom stereocenters. The number of anilines is 1. The Hall–Kier alpha value is -1.25. The second-order valence-corrected chi connectivity index (χ2v) is 5.19. The van der Waals surface area contributed by atoms with Gasteiger partial charge < -0.3 is 5.32 Å². The van der Waals surface area contributed by atoms with Crippen molar-refractivity contribution >= 4 is 28.9 Å². The highest BCUT2D eigenvalue weighted by Gasteiger charge is 2.23. The summed E-state index contributed by atoms with van der Waals surface area (Å²) in [6.45, 7) is 0. The lowest BCUT2D eigenvalue weighted by atomic mass is 10.0. The molecule has 92 valence electrons. The highest BCUT2D eigenvalue weighted by Crippen LogP contribution is 2.38. The Labute approximate surface area is 115 Å². The van der Waals surface area contributed by atoms with Gasteiger partial charge in [0.1, 0.15) is 5.82 Å². The van der Waals surface area contributed by atoms with Gasteiger partial charge in [-0.2, -0.15) is 0 Å². The number of hydrogen-bond acceptors (Lipinski definition) is 1. The lowest BCUT2D eigenvalue weighted by Gasteiger charge is -2.11. The van der Waals surface area contributed by atoms with E-state index in [2.05, 4.69) is 5.32 Å². The van der Waals surface area contributed by atoms with Crippen molar-refractivity contribution in [1.82, 2.24) is 0 Å². The molecule has 1 aliphatic rings. The van der Waals surface area contributed by atoms with E-state index in [4.69, 9.17) is 23.2 Å². The fourth-order valence-electron chi connectivity index (χ4n) is 2.27. The van der Waals surface area contributed by atoms with Crippen LogP contribution in [0.15, 0.2) is 36.4 Å². The highest BCUT2D eigenvalue weighted by molar-refractivity contribution is 6.42. The summed E-state index contributed by atoms with van der Waals surface area (Å²) in [5, 5.41) is 4.42. The summed E-state index contributed by atoms with van der Waals surface area (Å²) in [4.78, 5) is 0. The minimum Gasteiger partial charge on any atom is -0.378 e. The van der Waals surface area contributed by atoms with Gasteiger partial charge >= 0.3 is 0 Å². The summed E-state index contributed by atoms with van der Waals surface area (Å²) in [7, 11) is 0. The number of halogens is 3. The Morgan fingerprint density at radius 2 is 1.89 bits per heavy atom. The SMILES string of the molecule is Fc1cccc(C2Cc3cc(Cl)c(Cl)cc3N2)c1. The molecule has 0 aliphatic carbocycles. The highest BCUT2D eigenvalue weighted by atomic mass is 35.5. The summed E-state index contributed by atoms with van der Waals surface area (Å²) < 4.78 is 13.2. The van der Waals surface area contributed by atoms with E-state index in [-0.39, 0.29) is 11.9 Å². The molecule has 1 heterocycles. The molecule has 4 heteroatoms. The largest absolute Gasteiger partial charge is 0.378 e. The molecule has 0 radical (unpaired) electrons. The van der Waals surface area contributed by atoms with Crippen LogP contribution in [0.4, 0.5) is 10.1 Å². The maximum atomic E-state index is 13.2. The predicted molar refractivity (Wildman–Crippen MR) is 72.9 cm³/mol. The van der Waals surface area contributed by atoms with Crippen LogP contribution in [0.25, 0.3) is 0 Å². The van der Waals surface area contributed by atoms with Crippen LogP contribution in [0.1, 0.15) is 17.2 Å². The fraction of sp³-hybridized carbons (Fsp3) is 0.143. The van der Waals surface area contributed by atoms with E-state index in [1.165, 1.54) is 6.07 Å². The third-order valence-corrected chi connectivity index (χ3v) is 3.87. The van der Waals surface area contributed by atoms with Crippen LogP contribution in [0.3, 0.4) is 0 Å². The van der Waals surface area contributed by atoms with E-state index in [0.29, 0.717) is 10.0 Å². The summed E-state index contributed by atoms with van der Waals surface area (Å²) in [5.74, 6) is -0.221. The lowest BCUT2D eigenvalue weighted by Crippen LogP contribution is -2.05. The van der Waals surface area contributed by atoms with Crippen LogP contribution >= 0.6 is 23.2 Å². The molecule has 0 amide bonds. The molecule has 0 aromatic heterocycles. The molecule has 2 aromatic rings. The van der Waals surface area contributed by atoms with E-state index in [1.54, 1.807) is 12.1 Å². The Morgan fingerprint density at radius 1 is 1.11 bits per heavy atom. The van der Waals surface area contributed by atoms with Crippen molar-refractivity contribution in [2.45, 2.75) is 12.5 Å². The third kappa shape index (κ3) is 2.06. The molecule has 3 rings (SSSR count). The summed E-state index contributed by atoms with van der Waals surface area (Å²) in [6.07, 6.45) is 0.787. The number of rotatable bonds is 1. The standard InChI is InChI=1S/C14H10Cl2FN/c15-11-5-9-6-13(18-14(9)7-12(11)16)8-2-1-3-10(17)4-8/h1-5,7,13,18H,6H2. The van der Waals surface area contributed by atoms with Gasteiger partial charge in [-0.25, -0.2) is 4.39 Å². The molecular formula is C14H10Cl2FN. The molecule has 2 aromatic carbocycles. The van der Waals surface area contributed by atoms with Crippen molar-refractivity contribution in [3.05, 3.63) is 63.4 Å². The molecule has 0 spiro atoms. The monoisotopic (exact) mass is 281 g/mol. The number of nitrogens with one attached hydrogen (secondary N) is 1. The minimum atomic E-state index is -0.221. The fourth-order valence-corrected chi connectivity index (χ4v) is 2.62. The van der Waals surface area contributed by atoms with Crippen LogP contribution in [0.5, 0.6) is 0 Å². The summed E-state index contributed by atoms with van der Waals surface area (Å²) >= 11 is 12.0. The van der Waals surface area contributed by atoms with Crippen LogP contribution in [-0.4, -0.2) is 0 Å². The lowest BCUT2D eigenvalue weighted by molar-refractivity contribution is 0.623. The van der Waals surface area contributed by atoms with Gasteiger partial charge in [0.05, 0.1) is 16.1 Å². The van der Waals surface area contributed by atoms with Crippen LogP contribution in [0, 0.1) is 5.82 Å². The molecule has 1 N–H and O–H groups in total. The number of hydrogen-bond donors (Lipinski definition) is 1. The Balaban J connectivity index is 1.93.